The molecule has 0 aliphatic carbocycles. The Kier molecular flexibility index (Phi) is 4.18. The van der Waals surface area contributed by atoms with Crippen molar-refractivity contribution in [3.63, 3.8) is 0 Å². The van der Waals surface area contributed by atoms with Crippen LogP contribution >= 0.6 is 0 Å². The van der Waals surface area contributed by atoms with Crippen LogP contribution in [0.15, 0.2) is 47.5 Å². The van der Waals surface area contributed by atoms with Gasteiger partial charge in [-0.1, -0.05) is 0 Å². The largest absolute Gasteiger partial charge is 0.472 e. The number of furan rings is 1. The minimum atomic E-state index is -0.0954. The molecule has 22 heavy (non-hydrogen) atoms. The average Bonchev–Trinajstić information content (AvgIpc) is 3.10. The van der Waals surface area contributed by atoms with E-state index in [9.17, 15) is 9.59 Å². The van der Waals surface area contributed by atoms with Crippen molar-refractivity contribution in [3.05, 3.63) is 54.2 Å². The number of nitrogens with one attached hydrogen (secondary N) is 1. The topological polar surface area (TPSA) is 75.4 Å². The Hall–Kier alpha value is -2.63. The Labute approximate surface area is 128 Å². The maximum Gasteiger partial charge on any atom is 0.257 e. The fraction of sp³-hybridized carbons (Fsp3) is 0.312. The highest BCUT2D eigenvalue weighted by Gasteiger charge is 2.25. The van der Waals surface area contributed by atoms with E-state index in [0.29, 0.717) is 24.2 Å². The highest BCUT2D eigenvalue weighted by Crippen LogP contribution is 2.15. The third-order valence-electron chi connectivity index (χ3n) is 3.83. The maximum absolute atomic E-state index is 12.2. The van der Waals surface area contributed by atoms with Crippen LogP contribution in [0.3, 0.4) is 0 Å². The Morgan fingerprint density at radius 2 is 1.86 bits per heavy atom. The molecule has 1 N–H and O–H groups in total. The van der Waals surface area contributed by atoms with Gasteiger partial charge in [-0.25, -0.2) is 0 Å². The van der Waals surface area contributed by atoms with Gasteiger partial charge in [-0.05, 0) is 31.0 Å². The lowest BCUT2D eigenvalue weighted by Crippen LogP contribution is -2.46. The van der Waals surface area contributed by atoms with E-state index in [2.05, 4.69) is 10.3 Å². The minimum Gasteiger partial charge on any atom is -0.472 e. The van der Waals surface area contributed by atoms with Crippen LogP contribution in [0.5, 0.6) is 0 Å². The summed E-state index contributed by atoms with van der Waals surface area (Å²) in [5, 5.41) is 3.01. The second-order valence-corrected chi connectivity index (χ2v) is 5.29. The van der Waals surface area contributed by atoms with E-state index in [1.54, 1.807) is 35.5 Å². The van der Waals surface area contributed by atoms with E-state index in [1.807, 2.05) is 0 Å². The molecular weight excluding hydrogens is 282 g/mol. The van der Waals surface area contributed by atoms with Crippen LogP contribution in [0.25, 0.3) is 0 Å². The summed E-state index contributed by atoms with van der Waals surface area (Å²) >= 11 is 0. The molecule has 0 aromatic carbocycles. The van der Waals surface area contributed by atoms with E-state index in [0.717, 1.165) is 12.8 Å². The van der Waals surface area contributed by atoms with E-state index < -0.39 is 0 Å². The van der Waals surface area contributed by atoms with Gasteiger partial charge in [-0.3, -0.25) is 14.6 Å². The quantitative estimate of drug-likeness (QED) is 0.936. The summed E-state index contributed by atoms with van der Waals surface area (Å²) in [5.74, 6) is -0.116. The van der Waals surface area contributed by atoms with Crippen molar-refractivity contribution >= 4 is 11.8 Å². The Bertz CT molecular complexity index is 632. The summed E-state index contributed by atoms with van der Waals surface area (Å²) < 4.78 is 4.94. The molecule has 1 aliphatic heterocycles. The molecule has 114 valence electrons. The lowest BCUT2D eigenvalue weighted by atomic mass is 10.0. The summed E-state index contributed by atoms with van der Waals surface area (Å²) in [5.41, 5.74) is 1.17. The van der Waals surface area contributed by atoms with Crippen molar-refractivity contribution in [2.75, 3.05) is 13.1 Å². The number of amides is 2. The van der Waals surface area contributed by atoms with Crippen molar-refractivity contribution in [2.24, 2.45) is 0 Å². The van der Waals surface area contributed by atoms with Gasteiger partial charge >= 0.3 is 0 Å². The van der Waals surface area contributed by atoms with Gasteiger partial charge in [0.15, 0.2) is 0 Å². The monoisotopic (exact) mass is 299 g/mol. The van der Waals surface area contributed by atoms with Gasteiger partial charge in [0, 0.05) is 37.1 Å². The maximum atomic E-state index is 12.2. The molecule has 0 atom stereocenters. The van der Waals surface area contributed by atoms with Gasteiger partial charge in [0.1, 0.15) is 6.26 Å². The smallest absolute Gasteiger partial charge is 0.257 e. The van der Waals surface area contributed by atoms with E-state index >= 15 is 0 Å². The number of rotatable bonds is 3. The molecule has 3 heterocycles. The Morgan fingerprint density at radius 3 is 2.50 bits per heavy atom. The Balaban J connectivity index is 1.52. The summed E-state index contributed by atoms with van der Waals surface area (Å²) in [4.78, 5) is 30.0. The fourth-order valence-corrected chi connectivity index (χ4v) is 2.57. The van der Waals surface area contributed by atoms with Crippen LogP contribution in [0.1, 0.15) is 33.6 Å². The molecule has 6 heteroatoms. The molecular formula is C16H17N3O3. The van der Waals surface area contributed by atoms with Crippen molar-refractivity contribution in [2.45, 2.75) is 18.9 Å². The zero-order valence-corrected chi connectivity index (χ0v) is 12.1. The molecule has 2 aromatic heterocycles. The second-order valence-electron chi connectivity index (χ2n) is 5.29. The fourth-order valence-electron chi connectivity index (χ4n) is 2.57. The third-order valence-corrected chi connectivity index (χ3v) is 3.83. The van der Waals surface area contributed by atoms with Crippen LogP contribution in [-0.2, 0) is 0 Å². The van der Waals surface area contributed by atoms with Crippen molar-refractivity contribution < 1.29 is 14.0 Å². The summed E-state index contributed by atoms with van der Waals surface area (Å²) in [6.45, 7) is 1.26. The molecule has 0 unspecified atom stereocenters. The first kappa shape index (κ1) is 14.3. The molecule has 0 saturated carbocycles. The lowest BCUT2D eigenvalue weighted by molar-refractivity contribution is 0.0697. The van der Waals surface area contributed by atoms with Gasteiger partial charge in [-0.15, -0.1) is 0 Å². The predicted octanol–water partition coefficient (Wildman–Crippen LogP) is 1.71. The Morgan fingerprint density at radius 1 is 1.14 bits per heavy atom. The van der Waals surface area contributed by atoms with Crippen LogP contribution in [0.2, 0.25) is 0 Å². The normalized spacial score (nSPS) is 15.5. The highest BCUT2D eigenvalue weighted by atomic mass is 16.3. The molecule has 2 aromatic rings. The number of carbonyl (C=O) groups is 2. The van der Waals surface area contributed by atoms with Crippen LogP contribution in [0, 0.1) is 0 Å². The molecule has 1 aliphatic rings. The van der Waals surface area contributed by atoms with Crippen LogP contribution < -0.4 is 5.32 Å². The molecule has 2 amide bonds. The zero-order chi connectivity index (χ0) is 15.4. The first-order chi connectivity index (χ1) is 10.7. The molecule has 0 spiro atoms. The number of piperidine rings is 1. The van der Waals surface area contributed by atoms with Gasteiger partial charge in [0.2, 0.25) is 0 Å². The molecule has 1 fully saturated rings. The number of aromatic nitrogens is 1. The van der Waals surface area contributed by atoms with Crippen LogP contribution in [-0.4, -0.2) is 40.8 Å². The summed E-state index contributed by atoms with van der Waals surface area (Å²) in [7, 11) is 0. The number of carbonyl (C=O) groups excluding carboxylic acids is 2. The molecule has 6 nitrogen and oxygen atoms in total. The molecule has 0 bridgehead atoms. The van der Waals surface area contributed by atoms with Gasteiger partial charge < -0.3 is 14.6 Å². The molecule has 1 saturated heterocycles. The SMILES string of the molecule is O=C(NC1CCN(C(=O)c2ccoc2)CC1)c1ccncc1. The number of nitrogens with zero attached hydrogens (tertiary/aromatic N) is 2. The van der Waals surface area contributed by atoms with Crippen molar-refractivity contribution in [1.29, 1.82) is 0 Å². The summed E-state index contributed by atoms with van der Waals surface area (Å²) in [6, 6.07) is 5.13. The van der Waals surface area contributed by atoms with E-state index in [-0.39, 0.29) is 17.9 Å². The van der Waals surface area contributed by atoms with Crippen molar-refractivity contribution in [3.8, 4) is 0 Å². The van der Waals surface area contributed by atoms with Gasteiger partial charge in [-0.2, -0.15) is 0 Å². The van der Waals surface area contributed by atoms with Gasteiger partial charge in [0.05, 0.1) is 11.8 Å². The minimum absolute atomic E-state index is 0.0207. The zero-order valence-electron chi connectivity index (χ0n) is 12.1. The lowest BCUT2D eigenvalue weighted by Gasteiger charge is -2.32. The predicted molar refractivity (Wildman–Crippen MR) is 79.3 cm³/mol. The number of pyridine rings is 1. The van der Waals surface area contributed by atoms with Crippen LogP contribution in [0.4, 0.5) is 0 Å². The molecule has 3 rings (SSSR count). The molecule has 0 radical (unpaired) electrons. The first-order valence-electron chi connectivity index (χ1n) is 7.26. The highest BCUT2D eigenvalue weighted by molar-refractivity contribution is 5.94. The number of hydrogen-bond acceptors (Lipinski definition) is 4. The number of likely N-dealkylation sites (tertiary alicyclic amines) is 1. The standard InChI is InChI=1S/C16H17N3O3/c20-15(12-1-6-17-7-2-12)18-14-3-8-19(9-4-14)16(21)13-5-10-22-11-13/h1-2,5-7,10-11,14H,3-4,8-9H2,(H,18,20). The van der Waals surface area contributed by atoms with E-state index in [1.165, 1.54) is 12.5 Å². The first-order valence-corrected chi connectivity index (χ1v) is 7.26. The van der Waals surface area contributed by atoms with Crippen molar-refractivity contribution in [1.82, 2.24) is 15.2 Å². The second kappa shape index (κ2) is 6.43. The average molecular weight is 299 g/mol. The van der Waals surface area contributed by atoms with Gasteiger partial charge in [0.25, 0.3) is 11.8 Å². The van der Waals surface area contributed by atoms with E-state index in [4.69, 9.17) is 4.42 Å². The third kappa shape index (κ3) is 3.16. The summed E-state index contributed by atoms with van der Waals surface area (Å²) in [6.07, 6.45) is 7.65. The number of hydrogen-bond donors (Lipinski definition) is 1.